The average molecular weight is 216 g/mol. The number of piperidine rings is 1. The normalized spacial score (nSPS) is 20.1. The fraction of sp³-hybridized carbons (Fsp3) is 0.909. The van der Waals surface area contributed by atoms with Crippen LogP contribution in [0.25, 0.3) is 0 Å². The van der Waals surface area contributed by atoms with Crippen LogP contribution < -0.4 is 0 Å². The molecule has 1 fully saturated rings. The summed E-state index contributed by atoms with van der Waals surface area (Å²) in [5.41, 5.74) is 0. The average Bonchev–Trinajstić information content (AvgIpc) is 2.16. The van der Waals surface area contributed by atoms with E-state index in [4.69, 9.17) is 5.26 Å². The minimum atomic E-state index is -2.55. The van der Waals surface area contributed by atoms with Crippen molar-refractivity contribution in [1.82, 2.24) is 4.90 Å². The number of rotatable bonds is 4. The molecule has 0 atom stereocenters. The topological polar surface area (TPSA) is 27.0 Å². The van der Waals surface area contributed by atoms with Gasteiger partial charge in [0.25, 0.3) is 0 Å². The molecule has 1 heterocycles. The maximum Gasteiger partial charge on any atom is 0.246 e. The van der Waals surface area contributed by atoms with E-state index in [1.807, 2.05) is 0 Å². The van der Waals surface area contributed by atoms with E-state index in [0.717, 1.165) is 32.9 Å². The van der Waals surface area contributed by atoms with E-state index in [0.29, 0.717) is 18.9 Å². The van der Waals surface area contributed by atoms with Crippen molar-refractivity contribution in [1.29, 1.82) is 5.26 Å². The van der Waals surface area contributed by atoms with Crippen LogP contribution in [0.15, 0.2) is 0 Å². The van der Waals surface area contributed by atoms with Crippen LogP contribution in [0.5, 0.6) is 0 Å². The van der Waals surface area contributed by atoms with Crippen molar-refractivity contribution in [3.05, 3.63) is 0 Å². The van der Waals surface area contributed by atoms with Crippen LogP contribution in [0, 0.1) is 17.2 Å². The lowest BCUT2D eigenvalue weighted by Crippen LogP contribution is -2.36. The fourth-order valence-corrected chi connectivity index (χ4v) is 1.90. The van der Waals surface area contributed by atoms with Crippen molar-refractivity contribution in [3.8, 4) is 6.07 Å². The zero-order valence-corrected chi connectivity index (χ0v) is 9.18. The van der Waals surface area contributed by atoms with E-state index in [9.17, 15) is 8.78 Å². The van der Waals surface area contributed by atoms with Crippen molar-refractivity contribution in [2.75, 3.05) is 19.6 Å². The van der Waals surface area contributed by atoms with E-state index in [1.54, 1.807) is 0 Å². The smallest absolute Gasteiger partial charge is 0.246 e. The highest BCUT2D eigenvalue weighted by molar-refractivity contribution is 4.81. The van der Waals surface area contributed by atoms with Gasteiger partial charge in [-0.15, -0.1) is 0 Å². The van der Waals surface area contributed by atoms with Crippen molar-refractivity contribution < 1.29 is 8.78 Å². The van der Waals surface area contributed by atoms with Gasteiger partial charge in [0.05, 0.1) is 6.07 Å². The van der Waals surface area contributed by atoms with Crippen LogP contribution in [0.1, 0.15) is 32.6 Å². The lowest BCUT2D eigenvalue weighted by molar-refractivity contribution is 0.000363. The number of likely N-dealkylation sites (tertiary alicyclic amines) is 1. The molecule has 2 nitrogen and oxygen atoms in total. The van der Waals surface area contributed by atoms with Gasteiger partial charge in [-0.05, 0) is 38.8 Å². The van der Waals surface area contributed by atoms with Crippen molar-refractivity contribution >= 4 is 0 Å². The Hall–Kier alpha value is -0.690. The number of hydrogen-bond acceptors (Lipinski definition) is 2. The van der Waals surface area contributed by atoms with Crippen molar-refractivity contribution in [2.24, 2.45) is 5.92 Å². The van der Waals surface area contributed by atoms with Crippen LogP contribution in [0.4, 0.5) is 8.78 Å². The molecular weight excluding hydrogens is 198 g/mol. The molecular formula is C11H18F2N2. The largest absolute Gasteiger partial charge is 0.303 e. The van der Waals surface area contributed by atoms with E-state index in [-0.39, 0.29) is 6.42 Å². The summed E-state index contributed by atoms with van der Waals surface area (Å²) in [6.07, 6.45) is 2.50. The molecule has 15 heavy (non-hydrogen) atoms. The zero-order valence-electron chi connectivity index (χ0n) is 9.18. The summed E-state index contributed by atoms with van der Waals surface area (Å²) < 4.78 is 25.2. The monoisotopic (exact) mass is 216 g/mol. The van der Waals surface area contributed by atoms with Crippen LogP contribution in [0.3, 0.4) is 0 Å². The number of hydrogen-bond donors (Lipinski definition) is 0. The van der Waals surface area contributed by atoms with Gasteiger partial charge in [0.15, 0.2) is 0 Å². The number of nitrogens with zero attached hydrogens (tertiary/aromatic N) is 2. The van der Waals surface area contributed by atoms with Gasteiger partial charge >= 0.3 is 0 Å². The first-order valence-electron chi connectivity index (χ1n) is 5.48. The van der Waals surface area contributed by atoms with Gasteiger partial charge in [0.2, 0.25) is 5.92 Å². The molecule has 1 aliphatic heterocycles. The summed E-state index contributed by atoms with van der Waals surface area (Å²) in [6, 6.07) is 2.17. The zero-order chi connectivity index (χ0) is 11.3. The molecule has 0 aromatic rings. The van der Waals surface area contributed by atoms with Gasteiger partial charge in [-0.3, -0.25) is 0 Å². The quantitative estimate of drug-likeness (QED) is 0.722. The third kappa shape index (κ3) is 5.08. The van der Waals surface area contributed by atoms with Crippen LogP contribution in [-0.2, 0) is 0 Å². The Morgan fingerprint density at radius 2 is 2.00 bits per heavy atom. The lowest BCUT2D eigenvalue weighted by Gasteiger charge is -2.31. The highest BCUT2D eigenvalue weighted by atomic mass is 19.3. The molecule has 0 aliphatic carbocycles. The minimum absolute atomic E-state index is 0.0596. The van der Waals surface area contributed by atoms with Gasteiger partial charge in [-0.1, -0.05) is 0 Å². The van der Waals surface area contributed by atoms with Gasteiger partial charge in [0, 0.05) is 19.4 Å². The maximum atomic E-state index is 12.6. The molecule has 0 aromatic carbocycles. The molecule has 4 heteroatoms. The lowest BCUT2D eigenvalue weighted by atomic mass is 9.94. The molecule has 1 aliphatic rings. The van der Waals surface area contributed by atoms with E-state index in [1.165, 1.54) is 0 Å². The third-order valence-electron chi connectivity index (χ3n) is 2.95. The summed E-state index contributed by atoms with van der Waals surface area (Å²) >= 11 is 0. The maximum absolute atomic E-state index is 12.6. The fourth-order valence-electron chi connectivity index (χ4n) is 1.90. The Balaban J connectivity index is 2.18. The van der Waals surface area contributed by atoms with Crippen molar-refractivity contribution in [2.45, 2.75) is 38.5 Å². The van der Waals surface area contributed by atoms with Gasteiger partial charge in [0.1, 0.15) is 0 Å². The summed E-state index contributed by atoms with van der Waals surface area (Å²) in [4.78, 5) is 2.07. The minimum Gasteiger partial charge on any atom is -0.303 e. The van der Waals surface area contributed by atoms with Crippen molar-refractivity contribution in [3.63, 3.8) is 0 Å². The van der Waals surface area contributed by atoms with Crippen LogP contribution in [-0.4, -0.2) is 30.5 Å². The molecule has 0 unspecified atom stereocenters. The third-order valence-corrected chi connectivity index (χ3v) is 2.95. The number of nitriles is 1. The van der Waals surface area contributed by atoms with E-state index < -0.39 is 5.92 Å². The highest BCUT2D eigenvalue weighted by Crippen LogP contribution is 2.22. The van der Waals surface area contributed by atoms with Gasteiger partial charge in [-0.25, -0.2) is 8.78 Å². The Labute approximate surface area is 89.9 Å². The predicted octanol–water partition coefficient (Wildman–Crippen LogP) is 2.66. The molecule has 0 N–H and O–H groups in total. The molecule has 0 saturated carbocycles. The molecule has 0 amide bonds. The Bertz CT molecular complexity index is 222. The van der Waals surface area contributed by atoms with Crippen LogP contribution in [0.2, 0.25) is 0 Å². The summed E-state index contributed by atoms with van der Waals surface area (Å²) in [6.45, 7) is 3.17. The summed E-state index contributed by atoms with van der Waals surface area (Å²) in [5, 5.41) is 8.53. The van der Waals surface area contributed by atoms with Gasteiger partial charge in [-0.2, -0.15) is 5.26 Å². The molecule has 0 aromatic heterocycles. The standard InChI is InChI=1S/C11H18F2N2/c1-11(12,13)5-9-15-7-3-10(2-6-14)4-8-15/h10H,2-5,7-9H2,1H3. The number of alkyl halides is 2. The van der Waals surface area contributed by atoms with E-state index in [2.05, 4.69) is 11.0 Å². The molecule has 0 radical (unpaired) electrons. The number of halogens is 2. The first kappa shape index (κ1) is 12.4. The highest BCUT2D eigenvalue weighted by Gasteiger charge is 2.24. The molecule has 0 spiro atoms. The molecule has 0 bridgehead atoms. The van der Waals surface area contributed by atoms with Gasteiger partial charge < -0.3 is 4.90 Å². The second-order valence-electron chi connectivity index (χ2n) is 4.47. The Morgan fingerprint density at radius 3 is 2.47 bits per heavy atom. The second-order valence-corrected chi connectivity index (χ2v) is 4.47. The molecule has 1 saturated heterocycles. The SMILES string of the molecule is CC(F)(F)CCN1CCC(CC#N)CC1. The Morgan fingerprint density at radius 1 is 1.40 bits per heavy atom. The summed E-state index contributed by atoms with van der Waals surface area (Å²) in [5.74, 6) is -2.07. The van der Waals surface area contributed by atoms with E-state index >= 15 is 0 Å². The Kier molecular flexibility index (Phi) is 4.46. The second kappa shape index (κ2) is 5.41. The molecule has 86 valence electrons. The van der Waals surface area contributed by atoms with Crippen LogP contribution >= 0.6 is 0 Å². The molecule has 1 rings (SSSR count). The first-order valence-corrected chi connectivity index (χ1v) is 5.48. The summed E-state index contributed by atoms with van der Waals surface area (Å²) in [7, 11) is 0. The predicted molar refractivity (Wildman–Crippen MR) is 54.6 cm³/mol. The first-order chi connectivity index (χ1) is 7.01.